The number of ether oxygens (including phenoxy) is 4. The first-order valence-electron chi connectivity index (χ1n) is 13.6. The fraction of sp³-hybridized carbons (Fsp3) is 0.607. The van der Waals surface area contributed by atoms with Gasteiger partial charge in [0.1, 0.15) is 23.3 Å². The zero-order chi connectivity index (χ0) is 34.3. The van der Waals surface area contributed by atoms with Crippen molar-refractivity contribution in [3.63, 3.8) is 0 Å². The van der Waals surface area contributed by atoms with Crippen molar-refractivity contribution in [2.75, 3.05) is 40.0 Å². The average Bonchev–Trinajstić information content (AvgIpc) is 2.89. The van der Waals surface area contributed by atoms with Gasteiger partial charge < -0.3 is 45.1 Å². The molecule has 4 N–H and O–H groups in total. The van der Waals surface area contributed by atoms with Crippen LogP contribution in [0.4, 0.5) is 9.59 Å². The van der Waals surface area contributed by atoms with Crippen LogP contribution in [0.3, 0.4) is 0 Å². The van der Waals surface area contributed by atoms with Crippen molar-refractivity contribution in [1.29, 1.82) is 0 Å². The number of alkyl carbamates (subject to hydrolysis) is 2. The fourth-order valence-electron chi connectivity index (χ4n) is 2.97. The van der Waals surface area contributed by atoms with Gasteiger partial charge in [-0.25, -0.2) is 9.59 Å². The van der Waals surface area contributed by atoms with Crippen LogP contribution in [0.5, 0.6) is 0 Å². The van der Waals surface area contributed by atoms with Gasteiger partial charge in [-0.1, -0.05) is 12.2 Å². The molecule has 0 aromatic rings. The Kier molecular flexibility index (Phi) is 16.9. The number of thiocarbonyl (C=S) groups is 1. The van der Waals surface area contributed by atoms with Crippen molar-refractivity contribution in [3.05, 3.63) is 23.5 Å². The highest BCUT2D eigenvalue weighted by molar-refractivity contribution is 7.78. The third kappa shape index (κ3) is 16.6. The molecule has 16 heteroatoms. The molecule has 0 atom stereocenters. The van der Waals surface area contributed by atoms with E-state index in [1.807, 2.05) is 13.8 Å². The molecule has 0 spiro atoms. The normalized spacial score (nSPS) is 12.1. The quantitative estimate of drug-likeness (QED) is 0.0252. The number of Topliss-reactive ketones (excluding diaryl/α,β-unsaturated/α-hetero) is 2. The minimum Gasteiger partial charge on any atom is -0.444 e. The van der Waals surface area contributed by atoms with Gasteiger partial charge >= 0.3 is 18.2 Å². The Morgan fingerprint density at radius 1 is 0.909 bits per heavy atom. The number of ketones is 2. The molecule has 0 aromatic heterocycles. The van der Waals surface area contributed by atoms with Gasteiger partial charge in [0.05, 0.1) is 30.4 Å². The molecule has 0 saturated carbocycles. The molecular formula is C28H45N5O10S. The first-order chi connectivity index (χ1) is 20.2. The summed E-state index contributed by atoms with van der Waals surface area (Å²) in [5, 5.41) is 4.40. The van der Waals surface area contributed by atoms with Crippen LogP contribution < -0.4 is 16.4 Å². The summed E-state index contributed by atoms with van der Waals surface area (Å²) in [5.41, 5.74) is 4.30. The smallest absolute Gasteiger partial charge is 0.408 e. The van der Waals surface area contributed by atoms with Crippen LogP contribution in [0.15, 0.2) is 23.5 Å². The average molecular weight is 644 g/mol. The molecule has 0 radical (unpaired) electrons. The molecule has 248 valence electrons. The van der Waals surface area contributed by atoms with Crippen LogP contribution in [0.1, 0.15) is 55.4 Å². The summed E-state index contributed by atoms with van der Waals surface area (Å²) < 4.78 is 20.7. The molecule has 44 heavy (non-hydrogen) atoms. The van der Waals surface area contributed by atoms with E-state index in [1.165, 1.54) is 18.0 Å². The highest BCUT2D eigenvalue weighted by atomic mass is 32.1. The Hall–Kier alpha value is -4.05. The lowest BCUT2D eigenvalue weighted by Crippen LogP contribution is -2.42. The van der Waals surface area contributed by atoms with Gasteiger partial charge in [-0.3, -0.25) is 19.2 Å². The van der Waals surface area contributed by atoms with Crippen molar-refractivity contribution in [1.82, 2.24) is 20.4 Å². The molecule has 0 bridgehead atoms. The SMILES string of the molecule is CC(C)OCCN(C=S)C(/C=C\N)=C(/C(=O)C(=O)CNC(=O)OC(C)(C)C)C(=O)N(C)COC(=O)CNC(=O)OC(C)(C)C. The highest BCUT2D eigenvalue weighted by Crippen LogP contribution is 2.17. The van der Waals surface area contributed by atoms with Gasteiger partial charge in [0.15, 0.2) is 6.73 Å². The molecule has 0 aliphatic rings. The number of allylic oxidation sites excluding steroid dienone is 1. The lowest BCUT2D eigenvalue weighted by Gasteiger charge is -2.25. The van der Waals surface area contributed by atoms with Gasteiger partial charge in [-0.15, -0.1) is 0 Å². The second kappa shape index (κ2) is 18.6. The second-order valence-corrected chi connectivity index (χ2v) is 11.7. The number of hydrogen-bond donors (Lipinski definition) is 3. The van der Waals surface area contributed by atoms with E-state index in [-0.39, 0.29) is 25.0 Å². The summed E-state index contributed by atoms with van der Waals surface area (Å²) in [6.07, 6.45) is 0.300. The predicted octanol–water partition coefficient (Wildman–Crippen LogP) is 1.54. The number of rotatable bonds is 16. The van der Waals surface area contributed by atoms with E-state index in [0.717, 1.165) is 16.6 Å². The summed E-state index contributed by atoms with van der Waals surface area (Å²) >= 11 is 5.10. The lowest BCUT2D eigenvalue weighted by atomic mass is 10.0. The van der Waals surface area contributed by atoms with Gasteiger partial charge in [0, 0.05) is 13.6 Å². The Balaban J connectivity index is 6.13. The molecule has 0 saturated heterocycles. The summed E-state index contributed by atoms with van der Waals surface area (Å²) in [7, 11) is 1.21. The fourth-order valence-corrected chi connectivity index (χ4v) is 3.19. The largest absolute Gasteiger partial charge is 0.444 e. The van der Waals surface area contributed by atoms with E-state index in [0.29, 0.717) is 0 Å². The maximum absolute atomic E-state index is 13.6. The number of amides is 3. The third-order valence-electron chi connectivity index (χ3n) is 4.76. The lowest BCUT2D eigenvalue weighted by molar-refractivity contribution is -0.150. The first kappa shape index (κ1) is 40.0. The molecule has 0 fully saturated rings. The molecule has 0 heterocycles. The number of carbonyl (C=O) groups is 6. The maximum atomic E-state index is 13.6. The second-order valence-electron chi connectivity index (χ2n) is 11.4. The number of carbonyl (C=O) groups excluding carboxylic acids is 6. The number of esters is 1. The topological polar surface area (TPSA) is 196 Å². The van der Waals surface area contributed by atoms with Crippen LogP contribution in [0, 0.1) is 0 Å². The van der Waals surface area contributed by atoms with Gasteiger partial charge in [-0.2, -0.15) is 0 Å². The molecule has 0 aliphatic carbocycles. The standard InChI is InChI=1S/C28H45N5O10S/c1-18(2)40-13-12-33(17-44)19(10-11-29)22(23(36)20(34)14-30-25(38)42-27(3,4)5)24(37)32(9)16-41-21(35)15-31-26(39)43-28(6,7)8/h10-11,17-18H,12-16,29H2,1-9H3,(H,30,38)(H,31,39)/b11-10-,22-19-. The minimum absolute atomic E-state index is 0.0742. The Labute approximate surface area is 263 Å². The Morgan fingerprint density at radius 3 is 1.89 bits per heavy atom. The van der Waals surface area contributed by atoms with E-state index < -0.39 is 72.2 Å². The maximum Gasteiger partial charge on any atom is 0.408 e. The van der Waals surface area contributed by atoms with Crippen molar-refractivity contribution >= 4 is 53.3 Å². The van der Waals surface area contributed by atoms with Gasteiger partial charge in [0.2, 0.25) is 11.6 Å². The van der Waals surface area contributed by atoms with Crippen molar-refractivity contribution < 1.29 is 47.7 Å². The number of nitrogens with one attached hydrogen (secondary N) is 2. The van der Waals surface area contributed by atoms with Crippen molar-refractivity contribution in [2.24, 2.45) is 5.73 Å². The Morgan fingerprint density at radius 2 is 1.43 bits per heavy atom. The monoisotopic (exact) mass is 643 g/mol. The summed E-state index contributed by atoms with van der Waals surface area (Å²) in [5.74, 6) is -4.39. The number of likely N-dealkylation sites (N-methyl/N-ethyl adjacent to an activating group) is 1. The Bertz CT molecular complexity index is 1120. The minimum atomic E-state index is -1.28. The molecule has 0 unspecified atom stereocenters. The van der Waals surface area contributed by atoms with Gasteiger partial charge in [-0.05, 0) is 67.7 Å². The van der Waals surface area contributed by atoms with Crippen LogP contribution in [-0.2, 0) is 38.1 Å². The summed E-state index contributed by atoms with van der Waals surface area (Å²) in [6, 6.07) is 0. The van der Waals surface area contributed by atoms with E-state index in [2.05, 4.69) is 10.6 Å². The third-order valence-corrected chi connectivity index (χ3v) is 5.01. The molecule has 0 aromatic carbocycles. The van der Waals surface area contributed by atoms with Crippen molar-refractivity contribution in [3.8, 4) is 0 Å². The van der Waals surface area contributed by atoms with E-state index in [9.17, 15) is 28.8 Å². The molecule has 3 amide bonds. The van der Waals surface area contributed by atoms with Gasteiger partial charge in [0.25, 0.3) is 5.91 Å². The highest BCUT2D eigenvalue weighted by Gasteiger charge is 2.32. The van der Waals surface area contributed by atoms with E-state index in [1.54, 1.807) is 41.5 Å². The van der Waals surface area contributed by atoms with Crippen LogP contribution >= 0.6 is 12.2 Å². The number of nitrogens with two attached hydrogens (primary N) is 1. The molecule has 15 nitrogen and oxygen atoms in total. The summed E-state index contributed by atoms with van der Waals surface area (Å²) in [6.45, 7) is 11.6. The van der Waals surface area contributed by atoms with Crippen LogP contribution in [0.25, 0.3) is 0 Å². The predicted molar refractivity (Wildman–Crippen MR) is 164 cm³/mol. The van der Waals surface area contributed by atoms with E-state index in [4.69, 9.17) is 36.9 Å². The van der Waals surface area contributed by atoms with Crippen LogP contribution in [-0.4, -0.2) is 108 Å². The zero-order valence-electron chi connectivity index (χ0n) is 26.8. The molecular weight excluding hydrogens is 598 g/mol. The molecule has 0 aliphatic heterocycles. The molecule has 0 rings (SSSR count). The number of hydrogen-bond acceptors (Lipinski definition) is 12. The van der Waals surface area contributed by atoms with E-state index >= 15 is 0 Å². The first-order valence-corrected chi connectivity index (χ1v) is 14.1. The summed E-state index contributed by atoms with van der Waals surface area (Å²) in [4.78, 5) is 78.1. The van der Waals surface area contributed by atoms with Crippen LogP contribution in [0.2, 0.25) is 0 Å². The zero-order valence-corrected chi connectivity index (χ0v) is 27.6. The van der Waals surface area contributed by atoms with Crippen molar-refractivity contribution in [2.45, 2.75) is 72.7 Å². The number of nitrogens with zero attached hydrogens (tertiary/aromatic N) is 2.